The third kappa shape index (κ3) is 2.87. The van der Waals surface area contributed by atoms with Crippen LogP contribution in [0.15, 0.2) is 42.7 Å². The van der Waals surface area contributed by atoms with Crippen LogP contribution in [0.2, 0.25) is 0 Å². The normalized spacial score (nSPS) is 10.2. The van der Waals surface area contributed by atoms with Crippen molar-refractivity contribution in [3.05, 3.63) is 65.2 Å². The van der Waals surface area contributed by atoms with Crippen LogP contribution in [0, 0.1) is 5.82 Å². The van der Waals surface area contributed by atoms with Gasteiger partial charge in [-0.3, -0.25) is 4.98 Å². The van der Waals surface area contributed by atoms with Crippen LogP contribution in [0.3, 0.4) is 0 Å². The van der Waals surface area contributed by atoms with Crippen LogP contribution in [-0.2, 0) is 6.42 Å². The van der Waals surface area contributed by atoms with Gasteiger partial charge in [0.15, 0.2) is 0 Å². The van der Waals surface area contributed by atoms with Gasteiger partial charge in [-0.2, -0.15) is 0 Å². The SMILES string of the molecule is O=C(O)c1cncc(Cc2cccc(F)c2)c1. The second-order valence-electron chi connectivity index (χ2n) is 3.69. The van der Waals surface area contributed by atoms with Gasteiger partial charge >= 0.3 is 5.97 Å². The maximum Gasteiger partial charge on any atom is 0.337 e. The number of nitrogens with zero attached hydrogens (tertiary/aromatic N) is 1. The number of hydrogen-bond acceptors (Lipinski definition) is 2. The minimum Gasteiger partial charge on any atom is -0.478 e. The molecule has 0 fully saturated rings. The van der Waals surface area contributed by atoms with E-state index in [2.05, 4.69) is 4.98 Å². The molecular formula is C13H10FNO2. The number of halogens is 1. The van der Waals surface area contributed by atoms with Crippen LogP contribution in [0.5, 0.6) is 0 Å². The summed E-state index contributed by atoms with van der Waals surface area (Å²) in [6.07, 6.45) is 3.33. The smallest absolute Gasteiger partial charge is 0.337 e. The average molecular weight is 231 g/mol. The summed E-state index contributed by atoms with van der Waals surface area (Å²) in [4.78, 5) is 14.6. The molecule has 86 valence electrons. The first-order valence-corrected chi connectivity index (χ1v) is 5.07. The zero-order valence-corrected chi connectivity index (χ0v) is 8.93. The van der Waals surface area contributed by atoms with Gasteiger partial charge in [-0.05, 0) is 35.7 Å². The molecule has 0 spiro atoms. The number of carbonyl (C=O) groups is 1. The number of carboxylic acids is 1. The highest BCUT2D eigenvalue weighted by Crippen LogP contribution is 2.11. The monoisotopic (exact) mass is 231 g/mol. The zero-order chi connectivity index (χ0) is 12.3. The Hall–Kier alpha value is -2.23. The lowest BCUT2D eigenvalue weighted by Gasteiger charge is -2.02. The van der Waals surface area contributed by atoms with E-state index < -0.39 is 5.97 Å². The second-order valence-corrected chi connectivity index (χ2v) is 3.69. The van der Waals surface area contributed by atoms with Crippen molar-refractivity contribution in [1.29, 1.82) is 0 Å². The number of hydrogen-bond donors (Lipinski definition) is 1. The van der Waals surface area contributed by atoms with Crippen LogP contribution >= 0.6 is 0 Å². The number of carboxylic acid groups (broad SMARTS) is 1. The molecule has 4 heteroatoms. The second kappa shape index (κ2) is 4.74. The molecule has 0 unspecified atom stereocenters. The van der Waals surface area contributed by atoms with Crippen molar-refractivity contribution in [3.63, 3.8) is 0 Å². The largest absolute Gasteiger partial charge is 0.478 e. The van der Waals surface area contributed by atoms with Crippen LogP contribution < -0.4 is 0 Å². The first kappa shape index (κ1) is 11.3. The van der Waals surface area contributed by atoms with E-state index in [-0.39, 0.29) is 11.4 Å². The molecule has 0 saturated heterocycles. The van der Waals surface area contributed by atoms with E-state index >= 15 is 0 Å². The summed E-state index contributed by atoms with van der Waals surface area (Å²) in [6, 6.07) is 7.75. The Labute approximate surface area is 97.6 Å². The van der Waals surface area contributed by atoms with Gasteiger partial charge in [0, 0.05) is 12.4 Å². The Morgan fingerprint density at radius 1 is 1.24 bits per heavy atom. The van der Waals surface area contributed by atoms with Crippen molar-refractivity contribution in [2.24, 2.45) is 0 Å². The molecule has 2 rings (SSSR count). The molecule has 17 heavy (non-hydrogen) atoms. The van der Waals surface area contributed by atoms with Crippen molar-refractivity contribution in [3.8, 4) is 0 Å². The number of pyridine rings is 1. The Kier molecular flexibility index (Phi) is 3.14. The van der Waals surface area contributed by atoms with Gasteiger partial charge in [-0.1, -0.05) is 12.1 Å². The molecule has 0 aliphatic carbocycles. The summed E-state index contributed by atoms with van der Waals surface area (Å²) in [5.74, 6) is -1.32. The lowest BCUT2D eigenvalue weighted by molar-refractivity contribution is 0.0696. The maximum absolute atomic E-state index is 13.0. The van der Waals surface area contributed by atoms with Gasteiger partial charge < -0.3 is 5.11 Å². The summed E-state index contributed by atoms with van der Waals surface area (Å²) in [7, 11) is 0. The van der Waals surface area contributed by atoms with Gasteiger partial charge in [0.1, 0.15) is 5.82 Å². The number of rotatable bonds is 3. The Bertz CT molecular complexity index is 555. The van der Waals surface area contributed by atoms with Crippen LogP contribution in [0.4, 0.5) is 4.39 Å². The first-order chi connectivity index (χ1) is 8.15. The number of aromatic nitrogens is 1. The first-order valence-electron chi connectivity index (χ1n) is 5.07. The summed E-state index contributed by atoms with van der Waals surface area (Å²) in [6.45, 7) is 0. The highest BCUT2D eigenvalue weighted by molar-refractivity contribution is 5.87. The minimum atomic E-state index is -1.02. The zero-order valence-electron chi connectivity index (χ0n) is 8.93. The van der Waals surface area contributed by atoms with Gasteiger partial charge in [0.2, 0.25) is 0 Å². The quantitative estimate of drug-likeness (QED) is 0.882. The van der Waals surface area contributed by atoms with E-state index in [0.29, 0.717) is 6.42 Å². The van der Waals surface area contributed by atoms with Crippen molar-refractivity contribution in [2.75, 3.05) is 0 Å². The van der Waals surface area contributed by atoms with Crippen LogP contribution in [0.25, 0.3) is 0 Å². The van der Waals surface area contributed by atoms with Crippen molar-refractivity contribution < 1.29 is 14.3 Å². The third-order valence-electron chi connectivity index (χ3n) is 2.34. The fourth-order valence-corrected chi connectivity index (χ4v) is 1.58. The van der Waals surface area contributed by atoms with Crippen molar-refractivity contribution in [2.45, 2.75) is 6.42 Å². The Morgan fingerprint density at radius 2 is 2.06 bits per heavy atom. The molecule has 0 saturated carbocycles. The average Bonchev–Trinajstić information content (AvgIpc) is 2.29. The summed E-state index contributed by atoms with van der Waals surface area (Å²) >= 11 is 0. The molecule has 0 aliphatic rings. The van der Waals surface area contributed by atoms with E-state index in [1.165, 1.54) is 18.3 Å². The van der Waals surface area contributed by atoms with Gasteiger partial charge in [0.25, 0.3) is 0 Å². The molecule has 1 aromatic carbocycles. The Balaban J connectivity index is 2.24. The molecule has 1 aromatic heterocycles. The molecule has 0 radical (unpaired) electrons. The van der Waals surface area contributed by atoms with Crippen LogP contribution in [-0.4, -0.2) is 16.1 Å². The molecule has 2 aromatic rings. The molecule has 1 N–H and O–H groups in total. The predicted molar refractivity (Wildman–Crippen MR) is 60.4 cm³/mol. The third-order valence-corrected chi connectivity index (χ3v) is 2.34. The highest BCUT2D eigenvalue weighted by atomic mass is 19.1. The van der Waals surface area contributed by atoms with Crippen LogP contribution in [0.1, 0.15) is 21.5 Å². The Morgan fingerprint density at radius 3 is 2.76 bits per heavy atom. The van der Waals surface area contributed by atoms with E-state index in [4.69, 9.17) is 5.11 Å². The predicted octanol–water partition coefficient (Wildman–Crippen LogP) is 2.51. The molecular weight excluding hydrogens is 221 g/mol. The van der Waals surface area contributed by atoms with Gasteiger partial charge in [-0.25, -0.2) is 9.18 Å². The van der Waals surface area contributed by atoms with E-state index in [1.807, 2.05) is 0 Å². The van der Waals surface area contributed by atoms with Crippen molar-refractivity contribution in [1.82, 2.24) is 4.98 Å². The minimum absolute atomic E-state index is 0.138. The summed E-state index contributed by atoms with van der Waals surface area (Å²) < 4.78 is 13.0. The van der Waals surface area contributed by atoms with E-state index in [9.17, 15) is 9.18 Å². The van der Waals surface area contributed by atoms with Gasteiger partial charge in [0.05, 0.1) is 5.56 Å². The topological polar surface area (TPSA) is 50.2 Å². The highest BCUT2D eigenvalue weighted by Gasteiger charge is 2.05. The van der Waals surface area contributed by atoms with E-state index in [1.54, 1.807) is 24.4 Å². The summed E-state index contributed by atoms with van der Waals surface area (Å²) in [5, 5.41) is 8.82. The molecule has 0 amide bonds. The summed E-state index contributed by atoms with van der Waals surface area (Å²) in [5.41, 5.74) is 1.67. The molecule has 3 nitrogen and oxygen atoms in total. The lowest BCUT2D eigenvalue weighted by atomic mass is 10.1. The number of aromatic carboxylic acids is 1. The fourth-order valence-electron chi connectivity index (χ4n) is 1.58. The van der Waals surface area contributed by atoms with E-state index in [0.717, 1.165) is 11.1 Å². The molecule has 0 atom stereocenters. The standard InChI is InChI=1S/C13H10FNO2/c14-12-3-1-2-9(6-12)4-10-5-11(13(16)17)8-15-7-10/h1-3,5-8H,4H2,(H,16,17). The van der Waals surface area contributed by atoms with Crippen molar-refractivity contribution >= 4 is 5.97 Å². The lowest BCUT2D eigenvalue weighted by Crippen LogP contribution is -1.99. The molecule has 1 heterocycles. The fraction of sp³-hybridized carbons (Fsp3) is 0.0769. The molecule has 0 aliphatic heterocycles. The number of benzene rings is 1. The molecule has 0 bridgehead atoms. The maximum atomic E-state index is 13.0. The van der Waals surface area contributed by atoms with Gasteiger partial charge in [-0.15, -0.1) is 0 Å².